The zero-order valence-corrected chi connectivity index (χ0v) is 15.6. The summed E-state index contributed by atoms with van der Waals surface area (Å²) in [5.41, 5.74) is 0.723. The highest BCUT2D eigenvalue weighted by Gasteiger charge is 2.23. The number of hydrogen-bond donors (Lipinski definition) is 1. The van der Waals surface area contributed by atoms with Crippen molar-refractivity contribution in [3.8, 4) is 5.75 Å². The summed E-state index contributed by atoms with van der Waals surface area (Å²) < 4.78 is 44.0. The zero-order valence-electron chi connectivity index (χ0n) is 14.8. The summed E-state index contributed by atoms with van der Waals surface area (Å²) in [6.07, 6.45) is 0. The van der Waals surface area contributed by atoms with E-state index in [2.05, 4.69) is 5.32 Å². The normalized spacial score (nSPS) is 12.7. The van der Waals surface area contributed by atoms with Crippen LogP contribution < -0.4 is 10.1 Å². The molecule has 26 heavy (non-hydrogen) atoms. The standard InChI is InChI=1S/C18H21FN2O4S/c1-13(14-4-6-15(19)7-5-14)20-18(22)12-21(2)26(23,24)17-10-8-16(25-3)9-11-17/h4-11,13H,12H2,1-3H3,(H,20,22)/t13-/m0/s1. The molecule has 0 bridgehead atoms. The van der Waals surface area contributed by atoms with Crippen LogP contribution in [0.25, 0.3) is 0 Å². The Labute approximate surface area is 152 Å². The molecule has 0 spiro atoms. The van der Waals surface area contributed by atoms with Crippen molar-refractivity contribution >= 4 is 15.9 Å². The highest BCUT2D eigenvalue weighted by Crippen LogP contribution is 2.18. The van der Waals surface area contributed by atoms with E-state index < -0.39 is 15.9 Å². The van der Waals surface area contributed by atoms with Gasteiger partial charge in [0.2, 0.25) is 15.9 Å². The largest absolute Gasteiger partial charge is 0.497 e. The molecule has 0 aliphatic rings. The van der Waals surface area contributed by atoms with E-state index in [9.17, 15) is 17.6 Å². The first-order chi connectivity index (χ1) is 12.2. The molecule has 1 atom stereocenters. The molecule has 140 valence electrons. The van der Waals surface area contributed by atoms with Crippen LogP contribution in [0.15, 0.2) is 53.4 Å². The molecular weight excluding hydrogens is 359 g/mol. The molecule has 0 fully saturated rings. The highest BCUT2D eigenvalue weighted by atomic mass is 32.2. The van der Waals surface area contributed by atoms with Crippen LogP contribution in [0.4, 0.5) is 4.39 Å². The Morgan fingerprint density at radius 2 is 1.73 bits per heavy atom. The molecule has 1 N–H and O–H groups in total. The van der Waals surface area contributed by atoms with E-state index in [1.165, 1.54) is 50.6 Å². The van der Waals surface area contributed by atoms with Gasteiger partial charge < -0.3 is 10.1 Å². The molecule has 6 nitrogen and oxygen atoms in total. The topological polar surface area (TPSA) is 75.7 Å². The number of nitrogens with zero attached hydrogens (tertiary/aromatic N) is 1. The number of benzene rings is 2. The summed E-state index contributed by atoms with van der Waals surface area (Å²) >= 11 is 0. The first-order valence-electron chi connectivity index (χ1n) is 7.89. The average Bonchev–Trinajstić information content (AvgIpc) is 2.62. The maximum absolute atomic E-state index is 13.0. The fourth-order valence-electron chi connectivity index (χ4n) is 2.34. The van der Waals surface area contributed by atoms with Gasteiger partial charge in [0.05, 0.1) is 24.6 Å². The van der Waals surface area contributed by atoms with Crippen molar-refractivity contribution in [3.63, 3.8) is 0 Å². The summed E-state index contributed by atoms with van der Waals surface area (Å²) in [5.74, 6) is -0.281. The van der Waals surface area contributed by atoms with E-state index in [0.29, 0.717) is 5.75 Å². The second kappa shape index (κ2) is 8.29. The number of likely N-dealkylation sites (N-methyl/N-ethyl adjacent to an activating group) is 1. The number of hydrogen-bond acceptors (Lipinski definition) is 4. The summed E-state index contributed by atoms with van der Waals surface area (Å²) in [7, 11) is -0.974. The Bertz CT molecular complexity index is 852. The number of nitrogens with one attached hydrogen (secondary N) is 1. The van der Waals surface area contributed by atoms with Gasteiger partial charge >= 0.3 is 0 Å². The van der Waals surface area contributed by atoms with Gasteiger partial charge in [0.15, 0.2) is 0 Å². The fourth-order valence-corrected chi connectivity index (χ4v) is 3.46. The first kappa shape index (κ1) is 19.9. The molecule has 0 unspecified atom stereocenters. The third-order valence-corrected chi connectivity index (χ3v) is 5.70. The minimum atomic E-state index is -3.80. The fraction of sp³-hybridized carbons (Fsp3) is 0.278. The number of halogens is 1. The molecular formula is C18H21FN2O4S. The zero-order chi connectivity index (χ0) is 19.3. The average molecular weight is 380 g/mol. The monoisotopic (exact) mass is 380 g/mol. The minimum Gasteiger partial charge on any atom is -0.497 e. The number of methoxy groups -OCH3 is 1. The molecule has 0 radical (unpaired) electrons. The third-order valence-electron chi connectivity index (χ3n) is 3.88. The van der Waals surface area contributed by atoms with Gasteiger partial charge in [-0.25, -0.2) is 12.8 Å². The van der Waals surface area contributed by atoms with Crippen molar-refractivity contribution in [2.24, 2.45) is 0 Å². The van der Waals surface area contributed by atoms with Gasteiger partial charge in [0.25, 0.3) is 0 Å². The van der Waals surface area contributed by atoms with Crippen LogP contribution in [0, 0.1) is 5.82 Å². The van der Waals surface area contributed by atoms with Gasteiger partial charge in [-0.05, 0) is 48.9 Å². The van der Waals surface area contributed by atoms with Crippen LogP contribution in [0.2, 0.25) is 0 Å². The van der Waals surface area contributed by atoms with Gasteiger partial charge in [-0.2, -0.15) is 4.31 Å². The first-order valence-corrected chi connectivity index (χ1v) is 9.33. The SMILES string of the molecule is COc1ccc(S(=O)(=O)N(C)CC(=O)N[C@@H](C)c2ccc(F)cc2)cc1. The van der Waals surface area contributed by atoms with E-state index in [4.69, 9.17) is 4.74 Å². The molecule has 2 aromatic rings. The lowest BCUT2D eigenvalue weighted by Crippen LogP contribution is -2.39. The summed E-state index contributed by atoms with van der Waals surface area (Å²) in [4.78, 5) is 12.2. The van der Waals surface area contributed by atoms with Crippen LogP contribution in [0.1, 0.15) is 18.5 Å². The molecule has 2 rings (SSSR count). The molecule has 0 saturated carbocycles. The molecule has 1 amide bonds. The van der Waals surface area contributed by atoms with Crippen LogP contribution in [0.5, 0.6) is 5.75 Å². The molecule has 0 heterocycles. The van der Waals surface area contributed by atoms with Crippen molar-refractivity contribution in [3.05, 3.63) is 59.9 Å². The van der Waals surface area contributed by atoms with Crippen molar-refractivity contribution in [1.82, 2.24) is 9.62 Å². The number of rotatable bonds is 7. The lowest BCUT2D eigenvalue weighted by molar-refractivity contribution is -0.121. The van der Waals surface area contributed by atoms with E-state index >= 15 is 0 Å². The summed E-state index contributed by atoms with van der Waals surface area (Å²) in [5, 5.41) is 2.70. The second-order valence-corrected chi connectivity index (χ2v) is 7.82. The number of sulfonamides is 1. The van der Waals surface area contributed by atoms with Crippen molar-refractivity contribution in [2.75, 3.05) is 20.7 Å². The number of amides is 1. The second-order valence-electron chi connectivity index (χ2n) is 5.78. The molecule has 8 heteroatoms. The molecule has 2 aromatic carbocycles. The maximum Gasteiger partial charge on any atom is 0.243 e. The van der Waals surface area contributed by atoms with Crippen LogP contribution in [-0.4, -0.2) is 39.3 Å². The summed E-state index contributed by atoms with van der Waals surface area (Å²) in [6.45, 7) is 1.41. The number of ether oxygens (including phenoxy) is 1. The molecule has 0 aromatic heterocycles. The van der Waals surface area contributed by atoms with Crippen molar-refractivity contribution in [2.45, 2.75) is 17.9 Å². The Hall–Kier alpha value is -2.45. The van der Waals surface area contributed by atoms with Crippen LogP contribution in [-0.2, 0) is 14.8 Å². The van der Waals surface area contributed by atoms with E-state index in [0.717, 1.165) is 9.87 Å². The predicted octanol–water partition coefficient (Wildman–Crippen LogP) is 2.33. The van der Waals surface area contributed by atoms with E-state index in [1.807, 2.05) is 0 Å². The van der Waals surface area contributed by atoms with Crippen molar-refractivity contribution < 1.29 is 22.3 Å². The Morgan fingerprint density at radius 3 is 2.27 bits per heavy atom. The van der Waals surface area contributed by atoms with Crippen molar-refractivity contribution in [1.29, 1.82) is 0 Å². The van der Waals surface area contributed by atoms with Gasteiger partial charge in [-0.3, -0.25) is 4.79 Å². The van der Waals surface area contributed by atoms with Gasteiger partial charge in [0, 0.05) is 7.05 Å². The van der Waals surface area contributed by atoms with Gasteiger partial charge in [-0.15, -0.1) is 0 Å². The van der Waals surface area contributed by atoms with Gasteiger partial charge in [-0.1, -0.05) is 12.1 Å². The third kappa shape index (κ3) is 4.80. The van der Waals surface area contributed by atoms with E-state index in [1.54, 1.807) is 19.1 Å². The smallest absolute Gasteiger partial charge is 0.243 e. The number of carbonyl (C=O) groups excluding carboxylic acids is 1. The molecule has 0 saturated heterocycles. The molecule has 0 aliphatic heterocycles. The van der Waals surface area contributed by atoms with E-state index in [-0.39, 0.29) is 23.3 Å². The van der Waals surface area contributed by atoms with Crippen LogP contribution in [0.3, 0.4) is 0 Å². The van der Waals surface area contributed by atoms with Gasteiger partial charge in [0.1, 0.15) is 11.6 Å². The van der Waals surface area contributed by atoms with Crippen LogP contribution >= 0.6 is 0 Å². The Kier molecular flexibility index (Phi) is 6.33. The predicted molar refractivity (Wildman–Crippen MR) is 95.8 cm³/mol. The minimum absolute atomic E-state index is 0.0696. The summed E-state index contributed by atoms with van der Waals surface area (Å²) in [6, 6.07) is 11.3. The quantitative estimate of drug-likeness (QED) is 0.800. The highest BCUT2D eigenvalue weighted by molar-refractivity contribution is 7.89. The maximum atomic E-state index is 13.0. The lowest BCUT2D eigenvalue weighted by Gasteiger charge is -2.19. The number of carbonyl (C=O) groups is 1. The lowest BCUT2D eigenvalue weighted by atomic mass is 10.1. The Morgan fingerprint density at radius 1 is 1.15 bits per heavy atom. The molecule has 0 aliphatic carbocycles. The Balaban J connectivity index is 2.01.